The smallest absolute Gasteiger partial charge is 0.338 e. The van der Waals surface area contributed by atoms with E-state index in [0.717, 1.165) is 5.56 Å². The summed E-state index contributed by atoms with van der Waals surface area (Å²) < 4.78 is 15.9. The van der Waals surface area contributed by atoms with E-state index >= 15 is 0 Å². The van der Waals surface area contributed by atoms with Crippen LogP contribution in [0.1, 0.15) is 35.7 Å². The first kappa shape index (κ1) is 20.2. The summed E-state index contributed by atoms with van der Waals surface area (Å²) in [4.78, 5) is 36.0. The van der Waals surface area contributed by atoms with Crippen LogP contribution in [0.5, 0.6) is 11.5 Å². The zero-order valence-corrected chi connectivity index (χ0v) is 16.1. The van der Waals surface area contributed by atoms with E-state index in [2.05, 4.69) is 24.7 Å². The summed E-state index contributed by atoms with van der Waals surface area (Å²) in [6.45, 7) is 3.58. The van der Waals surface area contributed by atoms with Crippen LogP contribution in [0.3, 0.4) is 0 Å². The van der Waals surface area contributed by atoms with E-state index in [0.29, 0.717) is 23.0 Å². The Kier molecular flexibility index (Phi) is 6.33. The van der Waals surface area contributed by atoms with Gasteiger partial charge in [-0.15, -0.1) is 0 Å². The van der Waals surface area contributed by atoms with Crippen molar-refractivity contribution < 1.29 is 28.6 Å². The molecule has 0 fully saturated rings. The number of esters is 1. The lowest BCUT2D eigenvalue weighted by atomic mass is 10.0. The molecule has 1 aliphatic rings. The van der Waals surface area contributed by atoms with Crippen molar-refractivity contribution in [3.63, 3.8) is 0 Å². The van der Waals surface area contributed by atoms with Crippen LogP contribution < -0.4 is 20.3 Å². The van der Waals surface area contributed by atoms with Gasteiger partial charge < -0.3 is 14.2 Å². The maximum atomic E-state index is 12.1. The number of hydrogen-bond donors (Lipinski definition) is 2. The predicted molar refractivity (Wildman–Crippen MR) is 103 cm³/mol. The SMILES string of the molecule is CC(C)c1ccc(C(=O)OCC(=O)NNC(=O)[C@@H]2COc3ccccc3O2)cc1. The molecule has 0 aromatic heterocycles. The van der Waals surface area contributed by atoms with E-state index in [1.54, 1.807) is 36.4 Å². The molecule has 1 atom stereocenters. The first-order valence-electron chi connectivity index (χ1n) is 9.18. The second-order valence-corrected chi connectivity index (χ2v) is 6.75. The molecule has 8 heteroatoms. The van der Waals surface area contributed by atoms with Gasteiger partial charge >= 0.3 is 5.97 Å². The van der Waals surface area contributed by atoms with Crippen molar-refractivity contribution in [2.45, 2.75) is 25.9 Å². The van der Waals surface area contributed by atoms with Crippen molar-refractivity contribution in [2.24, 2.45) is 0 Å². The molecule has 0 saturated heterocycles. The van der Waals surface area contributed by atoms with Crippen molar-refractivity contribution in [2.75, 3.05) is 13.2 Å². The predicted octanol–water partition coefficient (Wildman–Crippen LogP) is 1.95. The van der Waals surface area contributed by atoms with E-state index in [1.807, 2.05) is 12.1 Å². The van der Waals surface area contributed by atoms with Crippen LogP contribution in [-0.4, -0.2) is 37.1 Å². The molecule has 2 aromatic rings. The molecule has 0 aliphatic carbocycles. The summed E-state index contributed by atoms with van der Waals surface area (Å²) in [5.74, 6) is -0.536. The third-order valence-corrected chi connectivity index (χ3v) is 4.27. The van der Waals surface area contributed by atoms with Gasteiger partial charge in [-0.1, -0.05) is 38.1 Å². The van der Waals surface area contributed by atoms with Gasteiger partial charge in [0.1, 0.15) is 6.61 Å². The van der Waals surface area contributed by atoms with E-state index in [-0.39, 0.29) is 6.61 Å². The number of carbonyl (C=O) groups excluding carboxylic acids is 3. The lowest BCUT2D eigenvalue weighted by Crippen LogP contribution is -2.51. The number of ether oxygens (including phenoxy) is 3. The van der Waals surface area contributed by atoms with Crippen molar-refractivity contribution in [3.8, 4) is 11.5 Å². The summed E-state index contributed by atoms with van der Waals surface area (Å²) in [6, 6.07) is 13.9. The minimum Gasteiger partial charge on any atom is -0.485 e. The van der Waals surface area contributed by atoms with Gasteiger partial charge in [-0.2, -0.15) is 0 Å². The minimum absolute atomic E-state index is 0.0140. The van der Waals surface area contributed by atoms with Gasteiger partial charge in [0, 0.05) is 0 Å². The quantitative estimate of drug-likeness (QED) is 0.590. The maximum Gasteiger partial charge on any atom is 0.338 e. The average molecular weight is 398 g/mol. The van der Waals surface area contributed by atoms with Crippen molar-refractivity contribution in [1.82, 2.24) is 10.9 Å². The molecule has 1 heterocycles. The lowest BCUT2D eigenvalue weighted by molar-refractivity contribution is -0.135. The molecule has 1 aliphatic heterocycles. The van der Waals surface area contributed by atoms with Crippen LogP contribution in [0.2, 0.25) is 0 Å². The Hall–Kier alpha value is -3.55. The minimum atomic E-state index is -0.910. The normalized spacial score (nSPS) is 14.8. The van der Waals surface area contributed by atoms with Gasteiger partial charge in [0.15, 0.2) is 18.1 Å². The van der Waals surface area contributed by atoms with E-state index in [1.165, 1.54) is 0 Å². The number of fused-ring (bicyclic) bond motifs is 1. The molecule has 3 rings (SSSR count). The monoisotopic (exact) mass is 398 g/mol. The highest BCUT2D eigenvalue weighted by molar-refractivity contribution is 5.92. The van der Waals surface area contributed by atoms with Crippen LogP contribution >= 0.6 is 0 Å². The molecule has 0 spiro atoms. The zero-order valence-electron chi connectivity index (χ0n) is 16.1. The van der Waals surface area contributed by atoms with Gasteiger partial charge in [-0.3, -0.25) is 20.4 Å². The number of nitrogens with one attached hydrogen (secondary N) is 2. The van der Waals surface area contributed by atoms with E-state index in [4.69, 9.17) is 14.2 Å². The Morgan fingerprint density at radius 2 is 1.72 bits per heavy atom. The molecule has 0 saturated carbocycles. The lowest BCUT2D eigenvalue weighted by Gasteiger charge is -2.25. The summed E-state index contributed by atoms with van der Waals surface area (Å²) in [7, 11) is 0. The van der Waals surface area contributed by atoms with Crippen molar-refractivity contribution >= 4 is 17.8 Å². The molecule has 0 radical (unpaired) electrons. The Balaban J connectivity index is 1.42. The van der Waals surface area contributed by atoms with Gasteiger partial charge in [0.25, 0.3) is 11.8 Å². The molecule has 8 nitrogen and oxygen atoms in total. The number of para-hydroxylation sites is 2. The van der Waals surface area contributed by atoms with Gasteiger partial charge in [-0.05, 0) is 35.7 Å². The third kappa shape index (κ3) is 5.25. The molecule has 152 valence electrons. The number of hydrogen-bond acceptors (Lipinski definition) is 6. The third-order valence-electron chi connectivity index (χ3n) is 4.27. The fraction of sp³-hybridized carbons (Fsp3) is 0.286. The summed E-state index contributed by atoms with van der Waals surface area (Å²) >= 11 is 0. The molecule has 2 amide bonds. The van der Waals surface area contributed by atoms with Crippen molar-refractivity contribution in [1.29, 1.82) is 0 Å². The highest BCUT2D eigenvalue weighted by Crippen LogP contribution is 2.30. The largest absolute Gasteiger partial charge is 0.485 e. The van der Waals surface area contributed by atoms with Gasteiger partial charge in [-0.25, -0.2) is 4.79 Å². The van der Waals surface area contributed by atoms with E-state index < -0.39 is 30.5 Å². The number of amides is 2. The second kappa shape index (κ2) is 9.09. The fourth-order valence-corrected chi connectivity index (χ4v) is 2.62. The van der Waals surface area contributed by atoms with Crippen LogP contribution in [0.4, 0.5) is 0 Å². The standard InChI is InChI=1S/C21H22N2O6/c1-13(2)14-7-9-15(10-8-14)21(26)28-12-19(24)22-23-20(25)18-11-27-16-5-3-4-6-17(16)29-18/h3-10,13,18H,11-12H2,1-2H3,(H,22,24)(H,23,25)/t18-/m0/s1. The summed E-state index contributed by atoms with van der Waals surface area (Å²) in [6.07, 6.45) is -0.910. The average Bonchev–Trinajstić information content (AvgIpc) is 2.75. The zero-order chi connectivity index (χ0) is 20.8. The Labute approximate surface area is 168 Å². The maximum absolute atomic E-state index is 12.1. The molecule has 2 N–H and O–H groups in total. The molecule has 0 bridgehead atoms. The molecule has 2 aromatic carbocycles. The first-order valence-corrected chi connectivity index (χ1v) is 9.18. The number of rotatable bonds is 5. The highest BCUT2D eigenvalue weighted by Gasteiger charge is 2.27. The fourth-order valence-electron chi connectivity index (χ4n) is 2.62. The van der Waals surface area contributed by atoms with E-state index in [9.17, 15) is 14.4 Å². The molecular formula is C21H22N2O6. The number of carbonyl (C=O) groups is 3. The van der Waals surface area contributed by atoms with Crippen LogP contribution in [-0.2, 0) is 14.3 Å². The van der Waals surface area contributed by atoms with Crippen LogP contribution in [0.15, 0.2) is 48.5 Å². The summed E-state index contributed by atoms with van der Waals surface area (Å²) in [5, 5.41) is 0. The number of benzene rings is 2. The van der Waals surface area contributed by atoms with Gasteiger partial charge in [0.05, 0.1) is 5.56 Å². The first-order chi connectivity index (χ1) is 13.9. The summed E-state index contributed by atoms with van der Waals surface area (Å²) in [5.41, 5.74) is 5.86. The van der Waals surface area contributed by atoms with Crippen molar-refractivity contribution in [3.05, 3.63) is 59.7 Å². The Morgan fingerprint density at radius 3 is 2.41 bits per heavy atom. The Bertz CT molecular complexity index is 894. The molecule has 0 unspecified atom stereocenters. The topological polar surface area (TPSA) is 103 Å². The number of hydrazine groups is 1. The Morgan fingerprint density at radius 1 is 1.03 bits per heavy atom. The second-order valence-electron chi connectivity index (χ2n) is 6.75. The molecule has 29 heavy (non-hydrogen) atoms. The van der Waals surface area contributed by atoms with Crippen LogP contribution in [0.25, 0.3) is 0 Å². The van der Waals surface area contributed by atoms with Gasteiger partial charge in [0.2, 0.25) is 6.10 Å². The van der Waals surface area contributed by atoms with Crippen LogP contribution in [0, 0.1) is 0 Å². The highest BCUT2D eigenvalue weighted by atomic mass is 16.6. The molecular weight excluding hydrogens is 376 g/mol.